The van der Waals surface area contributed by atoms with Gasteiger partial charge in [-0.2, -0.15) is 0 Å². The molecule has 0 atom stereocenters. The average molecular weight is 426 g/mol. The lowest BCUT2D eigenvalue weighted by Crippen LogP contribution is -2.44. The van der Waals surface area contributed by atoms with Crippen LogP contribution in [0, 0.1) is 6.92 Å². The number of carbonyl (C=O) groups is 2. The summed E-state index contributed by atoms with van der Waals surface area (Å²) in [4.78, 5) is 29.1. The van der Waals surface area contributed by atoms with Crippen LogP contribution in [0.25, 0.3) is 16.8 Å². The number of amides is 2. The van der Waals surface area contributed by atoms with Crippen LogP contribution in [0.1, 0.15) is 15.9 Å². The molecule has 0 bridgehead atoms. The van der Waals surface area contributed by atoms with E-state index in [1.54, 1.807) is 35.4 Å². The molecule has 1 heterocycles. The third-order valence-electron chi connectivity index (χ3n) is 4.83. The Kier molecular flexibility index (Phi) is 6.27. The van der Waals surface area contributed by atoms with Gasteiger partial charge in [-0.05, 0) is 30.7 Å². The van der Waals surface area contributed by atoms with Crippen molar-refractivity contribution in [3.05, 3.63) is 103 Å². The van der Waals surface area contributed by atoms with Crippen molar-refractivity contribution >= 4 is 11.8 Å². The second kappa shape index (κ2) is 9.61. The molecule has 0 spiro atoms. The number of benzene rings is 3. The van der Waals surface area contributed by atoms with Gasteiger partial charge in [-0.1, -0.05) is 60.2 Å². The molecule has 3 aromatic carbocycles. The fourth-order valence-corrected chi connectivity index (χ4v) is 3.28. The Hall–Kier alpha value is -4.39. The number of ether oxygens (including phenoxy) is 1. The predicted molar refractivity (Wildman–Crippen MR) is 121 cm³/mol. The lowest BCUT2D eigenvalue weighted by molar-refractivity contribution is -0.123. The molecule has 7 heteroatoms. The van der Waals surface area contributed by atoms with Gasteiger partial charge in [-0.15, -0.1) is 0 Å². The summed E-state index contributed by atoms with van der Waals surface area (Å²) in [6.07, 6.45) is 4.99. The fourth-order valence-electron chi connectivity index (χ4n) is 3.28. The molecular weight excluding hydrogens is 404 g/mol. The normalized spacial score (nSPS) is 10.4. The molecule has 4 rings (SSSR count). The summed E-state index contributed by atoms with van der Waals surface area (Å²) in [6, 6.07) is 22.8. The second-order valence-corrected chi connectivity index (χ2v) is 7.14. The van der Waals surface area contributed by atoms with Gasteiger partial charge >= 0.3 is 0 Å². The van der Waals surface area contributed by atoms with Gasteiger partial charge in [-0.3, -0.25) is 20.4 Å². The molecule has 0 saturated carbocycles. The Bertz CT molecular complexity index is 1220. The highest BCUT2D eigenvalue weighted by Gasteiger charge is 2.15. The number of aryl methyl sites for hydroxylation is 1. The van der Waals surface area contributed by atoms with Crippen molar-refractivity contribution in [3.8, 4) is 22.6 Å². The number of para-hydroxylation sites is 1. The highest BCUT2D eigenvalue weighted by molar-refractivity contribution is 5.99. The van der Waals surface area contributed by atoms with Crippen molar-refractivity contribution in [1.29, 1.82) is 0 Å². The van der Waals surface area contributed by atoms with E-state index in [0.717, 1.165) is 16.7 Å². The molecule has 32 heavy (non-hydrogen) atoms. The zero-order valence-corrected chi connectivity index (χ0v) is 17.5. The van der Waals surface area contributed by atoms with Crippen LogP contribution in [-0.4, -0.2) is 28.0 Å². The summed E-state index contributed by atoms with van der Waals surface area (Å²) >= 11 is 0. The summed E-state index contributed by atoms with van der Waals surface area (Å²) < 4.78 is 7.45. The molecule has 4 aromatic rings. The average Bonchev–Trinajstić information content (AvgIpc) is 3.36. The molecule has 0 unspecified atom stereocenters. The van der Waals surface area contributed by atoms with E-state index in [4.69, 9.17) is 4.74 Å². The maximum Gasteiger partial charge on any atom is 0.276 e. The Morgan fingerprint density at radius 2 is 1.75 bits per heavy atom. The Labute approximate surface area is 185 Å². The first-order valence-corrected chi connectivity index (χ1v) is 10.1. The van der Waals surface area contributed by atoms with Gasteiger partial charge in [0.2, 0.25) is 0 Å². The summed E-state index contributed by atoms with van der Waals surface area (Å²) in [7, 11) is 0. The van der Waals surface area contributed by atoms with Gasteiger partial charge in [0.05, 0.1) is 17.6 Å². The minimum absolute atomic E-state index is 0.244. The lowest BCUT2D eigenvalue weighted by Gasteiger charge is -2.14. The minimum Gasteiger partial charge on any atom is -0.483 e. The summed E-state index contributed by atoms with van der Waals surface area (Å²) in [5, 5.41) is 0. The van der Waals surface area contributed by atoms with Crippen LogP contribution in [0.2, 0.25) is 0 Å². The van der Waals surface area contributed by atoms with Crippen LogP contribution >= 0.6 is 0 Å². The van der Waals surface area contributed by atoms with Crippen molar-refractivity contribution in [2.75, 3.05) is 6.61 Å². The number of nitrogens with one attached hydrogen (secondary N) is 2. The van der Waals surface area contributed by atoms with E-state index in [9.17, 15) is 9.59 Å². The molecule has 0 radical (unpaired) electrons. The van der Waals surface area contributed by atoms with Crippen molar-refractivity contribution in [2.45, 2.75) is 6.92 Å². The van der Waals surface area contributed by atoms with Gasteiger partial charge in [-0.25, -0.2) is 4.98 Å². The van der Waals surface area contributed by atoms with E-state index in [1.165, 1.54) is 0 Å². The van der Waals surface area contributed by atoms with E-state index in [0.29, 0.717) is 17.0 Å². The van der Waals surface area contributed by atoms with Gasteiger partial charge in [0.15, 0.2) is 6.61 Å². The molecule has 0 saturated heterocycles. The van der Waals surface area contributed by atoms with E-state index in [1.807, 2.05) is 67.6 Å². The zero-order chi connectivity index (χ0) is 22.3. The van der Waals surface area contributed by atoms with Crippen LogP contribution in [-0.2, 0) is 4.79 Å². The number of rotatable bonds is 6. The first-order valence-electron chi connectivity index (χ1n) is 10.1. The Morgan fingerprint density at radius 3 is 2.53 bits per heavy atom. The third kappa shape index (κ3) is 4.84. The van der Waals surface area contributed by atoms with Crippen LogP contribution in [0.3, 0.4) is 0 Å². The number of hydrogen-bond donors (Lipinski definition) is 2. The van der Waals surface area contributed by atoms with E-state index in [-0.39, 0.29) is 6.61 Å². The first kappa shape index (κ1) is 20.9. The van der Waals surface area contributed by atoms with E-state index >= 15 is 0 Å². The summed E-state index contributed by atoms with van der Waals surface area (Å²) in [6.45, 7) is 1.65. The van der Waals surface area contributed by atoms with E-state index in [2.05, 4.69) is 15.8 Å². The number of hydrazine groups is 1. The van der Waals surface area contributed by atoms with Crippen LogP contribution in [0.4, 0.5) is 0 Å². The van der Waals surface area contributed by atoms with Crippen molar-refractivity contribution in [2.24, 2.45) is 0 Å². The number of hydrogen-bond acceptors (Lipinski definition) is 4. The zero-order valence-electron chi connectivity index (χ0n) is 17.5. The third-order valence-corrected chi connectivity index (χ3v) is 4.83. The molecular formula is C25H22N4O3. The largest absolute Gasteiger partial charge is 0.483 e. The van der Waals surface area contributed by atoms with Gasteiger partial charge in [0.25, 0.3) is 11.8 Å². The van der Waals surface area contributed by atoms with Gasteiger partial charge < -0.3 is 9.30 Å². The van der Waals surface area contributed by atoms with Crippen molar-refractivity contribution < 1.29 is 14.3 Å². The van der Waals surface area contributed by atoms with Gasteiger partial charge in [0, 0.05) is 18.0 Å². The molecule has 0 aliphatic carbocycles. The fraction of sp³-hybridized carbons (Fsp3) is 0.0800. The van der Waals surface area contributed by atoms with Crippen LogP contribution in [0.15, 0.2) is 91.5 Å². The predicted octanol–water partition coefficient (Wildman–Crippen LogP) is 3.69. The Morgan fingerprint density at radius 1 is 0.969 bits per heavy atom. The minimum atomic E-state index is -0.474. The van der Waals surface area contributed by atoms with Crippen molar-refractivity contribution in [3.63, 3.8) is 0 Å². The van der Waals surface area contributed by atoms with Crippen LogP contribution < -0.4 is 15.6 Å². The number of imidazole rings is 1. The molecule has 1 aromatic heterocycles. The topological polar surface area (TPSA) is 85.3 Å². The maximum atomic E-state index is 12.7. The standard InChI is InChI=1S/C25H22N4O3/c1-18-11-12-22(29-14-13-26-17-29)21(15-18)25(31)28-27-24(30)16-32-23-10-6-5-9-20(23)19-7-3-2-4-8-19/h2-15,17H,16H2,1H3,(H,27,30)(H,28,31). The highest BCUT2D eigenvalue weighted by Crippen LogP contribution is 2.29. The quantitative estimate of drug-likeness (QED) is 0.461. The maximum absolute atomic E-state index is 12.7. The Balaban J connectivity index is 1.39. The molecule has 0 aliphatic heterocycles. The molecule has 7 nitrogen and oxygen atoms in total. The van der Waals surface area contributed by atoms with Crippen LogP contribution in [0.5, 0.6) is 5.75 Å². The number of carbonyl (C=O) groups excluding carboxylic acids is 2. The molecule has 2 amide bonds. The van der Waals surface area contributed by atoms with Gasteiger partial charge in [0.1, 0.15) is 5.75 Å². The smallest absolute Gasteiger partial charge is 0.276 e. The molecule has 0 aliphatic rings. The SMILES string of the molecule is Cc1ccc(-n2ccnc2)c(C(=O)NNC(=O)COc2ccccc2-c2ccccc2)c1. The first-order chi connectivity index (χ1) is 15.6. The van der Waals surface area contributed by atoms with Crippen molar-refractivity contribution in [1.82, 2.24) is 20.4 Å². The monoisotopic (exact) mass is 426 g/mol. The summed E-state index contributed by atoms with van der Waals surface area (Å²) in [5.74, 6) is -0.324. The second-order valence-electron chi connectivity index (χ2n) is 7.14. The molecule has 2 N–H and O–H groups in total. The molecule has 160 valence electrons. The summed E-state index contributed by atoms with van der Waals surface area (Å²) in [5.41, 5.74) is 8.74. The highest BCUT2D eigenvalue weighted by atomic mass is 16.5. The van der Waals surface area contributed by atoms with E-state index < -0.39 is 11.8 Å². The number of nitrogens with zero attached hydrogens (tertiary/aromatic N) is 2. The molecule has 0 fully saturated rings. The number of aromatic nitrogens is 2. The lowest BCUT2D eigenvalue weighted by atomic mass is 10.1.